The van der Waals surface area contributed by atoms with Gasteiger partial charge in [0, 0.05) is 12.3 Å². The Bertz CT molecular complexity index is 709. The van der Waals surface area contributed by atoms with Gasteiger partial charge in [-0.25, -0.2) is 0 Å². The van der Waals surface area contributed by atoms with Crippen molar-refractivity contribution in [3.05, 3.63) is 11.6 Å². The number of aliphatic carboxylic acids is 1. The Morgan fingerprint density at radius 3 is 2.52 bits per heavy atom. The second-order valence-electron chi connectivity index (χ2n) is 11.3. The van der Waals surface area contributed by atoms with Gasteiger partial charge in [-0.3, -0.25) is 9.59 Å². The molecule has 0 bridgehead atoms. The van der Waals surface area contributed by atoms with Gasteiger partial charge in [0.2, 0.25) is 0 Å². The normalized spacial score (nSPS) is 46.7. The second-order valence-corrected chi connectivity index (χ2v) is 11.3. The molecule has 1 N–H and O–H groups in total. The molecule has 162 valence electrons. The fraction of sp³-hybridized carbons (Fsp3) is 0.846. The molecule has 0 aromatic heterocycles. The number of carbonyl (C=O) groups excluding carboxylic acids is 1. The highest BCUT2D eigenvalue weighted by Crippen LogP contribution is 2.68. The summed E-state index contributed by atoms with van der Waals surface area (Å²) in [5, 5.41) is 9.13. The van der Waals surface area contributed by atoms with Crippen LogP contribution in [0.1, 0.15) is 91.9 Å². The number of allylic oxidation sites excluding steroid dienone is 2. The molecule has 3 heteroatoms. The smallest absolute Gasteiger partial charge is 0.303 e. The summed E-state index contributed by atoms with van der Waals surface area (Å²) in [5.41, 5.74) is 1.65. The Labute approximate surface area is 176 Å². The Kier molecular flexibility index (Phi) is 5.49. The molecule has 3 nitrogen and oxygen atoms in total. The summed E-state index contributed by atoms with van der Waals surface area (Å²) in [5.74, 6) is 2.51. The van der Waals surface area contributed by atoms with Crippen molar-refractivity contribution in [2.24, 2.45) is 46.3 Å². The van der Waals surface area contributed by atoms with Crippen LogP contribution in [0.25, 0.3) is 0 Å². The van der Waals surface area contributed by atoms with Crippen molar-refractivity contribution >= 4 is 11.8 Å². The third kappa shape index (κ3) is 3.13. The lowest BCUT2D eigenvalue weighted by Crippen LogP contribution is -2.57. The SMILES string of the molecule is C/C=C1/C(=O)C2C(CC[C@@]3(C)C2CCC3[C@H](C)CCC(=O)O)[C@@]2(C)CCCCC12. The van der Waals surface area contributed by atoms with E-state index in [9.17, 15) is 9.59 Å². The standard InChI is InChI=1S/C26H40O3/c1-5-17-19-8-6-7-14-25(19,3)21-13-15-26(4)18(16(2)9-12-22(27)28)10-11-20(26)23(21)24(17)29/h5,16,18-21,23H,6-15H2,1-4H3,(H,27,28)/b17-5+/t16-,18?,19?,20?,21?,23?,25+,26-/m1/s1. The summed E-state index contributed by atoms with van der Waals surface area (Å²) in [6, 6.07) is 0. The van der Waals surface area contributed by atoms with E-state index in [1.807, 2.05) is 0 Å². The minimum atomic E-state index is -0.684. The molecule has 29 heavy (non-hydrogen) atoms. The Morgan fingerprint density at radius 1 is 1.10 bits per heavy atom. The Balaban J connectivity index is 1.64. The van der Waals surface area contributed by atoms with Crippen LogP contribution in [0.5, 0.6) is 0 Å². The zero-order chi connectivity index (χ0) is 21.0. The molecule has 0 aliphatic heterocycles. The quantitative estimate of drug-likeness (QED) is 0.566. The molecule has 8 atom stereocenters. The van der Waals surface area contributed by atoms with Crippen LogP contribution in [0.2, 0.25) is 0 Å². The second kappa shape index (κ2) is 7.54. The van der Waals surface area contributed by atoms with Gasteiger partial charge in [0.25, 0.3) is 0 Å². The van der Waals surface area contributed by atoms with Crippen molar-refractivity contribution in [1.29, 1.82) is 0 Å². The molecule has 4 aliphatic rings. The molecule has 5 unspecified atom stereocenters. The summed E-state index contributed by atoms with van der Waals surface area (Å²) >= 11 is 0. The number of hydrogen-bond acceptors (Lipinski definition) is 2. The van der Waals surface area contributed by atoms with Gasteiger partial charge in [0.15, 0.2) is 5.78 Å². The highest BCUT2D eigenvalue weighted by molar-refractivity contribution is 5.99. The maximum absolute atomic E-state index is 13.8. The lowest BCUT2D eigenvalue weighted by atomic mass is 9.43. The topological polar surface area (TPSA) is 54.4 Å². The monoisotopic (exact) mass is 400 g/mol. The molecule has 4 aliphatic carbocycles. The zero-order valence-corrected chi connectivity index (χ0v) is 18.9. The van der Waals surface area contributed by atoms with Crippen molar-refractivity contribution in [2.45, 2.75) is 91.9 Å². The summed E-state index contributed by atoms with van der Waals surface area (Å²) in [4.78, 5) is 24.9. The molecule has 4 fully saturated rings. The minimum absolute atomic E-state index is 0.200. The van der Waals surface area contributed by atoms with Crippen LogP contribution in [0.3, 0.4) is 0 Å². The molecule has 0 heterocycles. The summed E-state index contributed by atoms with van der Waals surface area (Å²) < 4.78 is 0. The number of carboxylic acid groups (broad SMARTS) is 1. The number of carbonyl (C=O) groups is 2. The van der Waals surface area contributed by atoms with E-state index < -0.39 is 5.97 Å². The average Bonchev–Trinajstić information content (AvgIpc) is 3.04. The van der Waals surface area contributed by atoms with Crippen molar-refractivity contribution in [3.63, 3.8) is 0 Å². The van der Waals surface area contributed by atoms with Crippen LogP contribution in [-0.4, -0.2) is 16.9 Å². The third-order valence-electron chi connectivity index (χ3n) is 10.2. The third-order valence-corrected chi connectivity index (χ3v) is 10.2. The molecular weight excluding hydrogens is 360 g/mol. The van der Waals surface area contributed by atoms with Crippen molar-refractivity contribution < 1.29 is 14.7 Å². The first-order valence-electron chi connectivity index (χ1n) is 12.2. The lowest BCUT2D eigenvalue weighted by Gasteiger charge is -2.60. The Hall–Kier alpha value is -1.12. The van der Waals surface area contributed by atoms with E-state index in [0.717, 1.165) is 18.4 Å². The summed E-state index contributed by atoms with van der Waals surface area (Å²) in [6.45, 7) is 9.29. The van der Waals surface area contributed by atoms with Crippen LogP contribution in [-0.2, 0) is 9.59 Å². The largest absolute Gasteiger partial charge is 0.481 e. The molecule has 0 spiro atoms. The number of Topliss-reactive ketones (excluding diaryl/α,β-unsaturated/α-hetero) is 1. The predicted molar refractivity (Wildman–Crippen MR) is 115 cm³/mol. The van der Waals surface area contributed by atoms with Gasteiger partial charge in [-0.2, -0.15) is 0 Å². The van der Waals surface area contributed by atoms with Crippen LogP contribution >= 0.6 is 0 Å². The minimum Gasteiger partial charge on any atom is -0.481 e. The molecule has 0 saturated heterocycles. The molecule has 0 aromatic rings. The number of carboxylic acids is 1. The first-order valence-corrected chi connectivity index (χ1v) is 12.2. The van der Waals surface area contributed by atoms with E-state index >= 15 is 0 Å². The van der Waals surface area contributed by atoms with Gasteiger partial charge in [-0.05, 0) is 97.9 Å². The maximum Gasteiger partial charge on any atom is 0.303 e. The first kappa shape index (κ1) is 21.1. The van der Waals surface area contributed by atoms with Crippen LogP contribution < -0.4 is 0 Å². The van der Waals surface area contributed by atoms with E-state index in [2.05, 4.69) is 33.8 Å². The van der Waals surface area contributed by atoms with Gasteiger partial charge >= 0.3 is 5.97 Å². The van der Waals surface area contributed by atoms with Crippen molar-refractivity contribution in [2.75, 3.05) is 0 Å². The van der Waals surface area contributed by atoms with E-state index in [4.69, 9.17) is 5.11 Å². The number of hydrogen-bond donors (Lipinski definition) is 1. The summed E-state index contributed by atoms with van der Waals surface area (Å²) in [6.07, 6.45) is 13.0. The van der Waals surface area contributed by atoms with Crippen molar-refractivity contribution in [3.8, 4) is 0 Å². The number of ketones is 1. The van der Waals surface area contributed by atoms with Crippen LogP contribution in [0.4, 0.5) is 0 Å². The predicted octanol–water partition coefficient (Wildman–Crippen LogP) is 6.27. The van der Waals surface area contributed by atoms with Gasteiger partial charge in [-0.15, -0.1) is 0 Å². The maximum atomic E-state index is 13.8. The first-order chi connectivity index (χ1) is 13.7. The van der Waals surface area contributed by atoms with Crippen LogP contribution in [0, 0.1) is 46.3 Å². The van der Waals surface area contributed by atoms with Gasteiger partial charge in [0.1, 0.15) is 0 Å². The summed E-state index contributed by atoms with van der Waals surface area (Å²) in [7, 11) is 0. The number of fused-ring (bicyclic) bond motifs is 5. The highest BCUT2D eigenvalue weighted by Gasteiger charge is 2.63. The van der Waals surface area contributed by atoms with E-state index in [0.29, 0.717) is 40.8 Å². The molecule has 4 rings (SSSR count). The van der Waals surface area contributed by atoms with Gasteiger partial charge in [0.05, 0.1) is 0 Å². The van der Waals surface area contributed by atoms with Gasteiger partial charge < -0.3 is 5.11 Å². The molecule has 0 amide bonds. The van der Waals surface area contributed by atoms with Crippen LogP contribution in [0.15, 0.2) is 11.6 Å². The fourth-order valence-electron chi connectivity index (χ4n) is 8.79. The zero-order valence-electron chi connectivity index (χ0n) is 18.9. The van der Waals surface area contributed by atoms with E-state index in [1.54, 1.807) is 0 Å². The van der Waals surface area contributed by atoms with Crippen molar-refractivity contribution in [1.82, 2.24) is 0 Å². The molecule has 4 saturated carbocycles. The Morgan fingerprint density at radius 2 is 1.83 bits per heavy atom. The number of rotatable bonds is 4. The van der Waals surface area contributed by atoms with Gasteiger partial charge in [-0.1, -0.05) is 39.7 Å². The van der Waals surface area contributed by atoms with E-state index in [-0.39, 0.29) is 17.8 Å². The lowest BCUT2D eigenvalue weighted by molar-refractivity contribution is -0.146. The molecular formula is C26H40O3. The molecule has 0 aromatic carbocycles. The fourth-order valence-corrected chi connectivity index (χ4v) is 8.79. The van der Waals surface area contributed by atoms with E-state index in [1.165, 1.54) is 44.9 Å². The molecule has 0 radical (unpaired) electrons. The average molecular weight is 401 g/mol. The highest BCUT2D eigenvalue weighted by atomic mass is 16.4.